The Hall–Kier alpha value is -0.900. The van der Waals surface area contributed by atoms with Crippen molar-refractivity contribution >= 4 is 0 Å². The molecule has 1 N–H and O–H groups in total. The molecule has 0 unspecified atom stereocenters. The molecule has 2 fully saturated rings. The molecule has 0 amide bonds. The lowest BCUT2D eigenvalue weighted by molar-refractivity contribution is -0.0409. The second-order valence-electron chi connectivity index (χ2n) is 5.21. The summed E-state index contributed by atoms with van der Waals surface area (Å²) >= 11 is 0. The van der Waals surface area contributed by atoms with Gasteiger partial charge in [0, 0.05) is 12.6 Å². The molecule has 0 spiro atoms. The Morgan fingerprint density at radius 3 is 2.50 bits per heavy atom. The Balaban J connectivity index is 1.52. The van der Waals surface area contributed by atoms with Crippen LogP contribution in [-0.4, -0.2) is 32.1 Å². The molecule has 1 aromatic rings. The van der Waals surface area contributed by atoms with Gasteiger partial charge in [0.25, 0.3) is 0 Å². The largest absolute Gasteiger partial charge is 0.349 e. The summed E-state index contributed by atoms with van der Waals surface area (Å²) in [6, 6.07) is 11.3. The summed E-state index contributed by atoms with van der Waals surface area (Å²) in [5.74, 6) is 0.839. The topological polar surface area (TPSA) is 30.5 Å². The average molecular weight is 247 g/mol. The molecule has 98 valence electrons. The fraction of sp³-hybridized carbons (Fsp3) is 0.600. The average Bonchev–Trinajstić information content (AvgIpc) is 3.12. The highest BCUT2D eigenvalue weighted by Gasteiger charge is 2.31. The maximum Gasteiger partial charge on any atom is 0.170 e. The van der Waals surface area contributed by atoms with E-state index >= 15 is 0 Å². The van der Waals surface area contributed by atoms with Crippen molar-refractivity contribution in [2.75, 3.05) is 19.8 Å². The van der Waals surface area contributed by atoms with Crippen molar-refractivity contribution in [2.24, 2.45) is 5.92 Å². The van der Waals surface area contributed by atoms with Crippen molar-refractivity contribution in [3.8, 4) is 0 Å². The maximum atomic E-state index is 5.47. The summed E-state index contributed by atoms with van der Waals surface area (Å²) in [5.41, 5.74) is 1.41. The highest BCUT2D eigenvalue weighted by atomic mass is 16.7. The molecule has 3 rings (SSSR count). The highest BCUT2D eigenvalue weighted by Crippen LogP contribution is 2.34. The monoisotopic (exact) mass is 247 g/mol. The van der Waals surface area contributed by atoms with E-state index in [1.165, 1.54) is 18.4 Å². The van der Waals surface area contributed by atoms with Crippen LogP contribution in [0.25, 0.3) is 0 Å². The Morgan fingerprint density at radius 2 is 1.83 bits per heavy atom. The van der Waals surface area contributed by atoms with E-state index in [1.807, 2.05) is 0 Å². The van der Waals surface area contributed by atoms with Crippen molar-refractivity contribution in [3.05, 3.63) is 35.9 Å². The molecule has 1 aliphatic carbocycles. The van der Waals surface area contributed by atoms with E-state index in [4.69, 9.17) is 9.47 Å². The Morgan fingerprint density at radius 1 is 1.11 bits per heavy atom. The minimum absolute atomic E-state index is 0.0398. The molecule has 0 bridgehead atoms. The number of nitrogens with one attached hydrogen (secondary N) is 1. The SMILES string of the molecule is c1ccc(C[C@H](NCC2OCCO2)C2CC2)cc1. The molecule has 3 heteroatoms. The van der Waals surface area contributed by atoms with Gasteiger partial charge >= 0.3 is 0 Å². The molecule has 1 aromatic carbocycles. The fourth-order valence-electron chi connectivity index (χ4n) is 2.54. The first kappa shape index (κ1) is 12.2. The molecule has 3 nitrogen and oxygen atoms in total. The first-order valence-corrected chi connectivity index (χ1v) is 6.92. The quantitative estimate of drug-likeness (QED) is 0.833. The summed E-state index contributed by atoms with van der Waals surface area (Å²) in [5, 5.41) is 3.62. The van der Waals surface area contributed by atoms with E-state index in [1.54, 1.807) is 0 Å². The number of benzene rings is 1. The zero-order valence-electron chi connectivity index (χ0n) is 10.7. The van der Waals surface area contributed by atoms with E-state index in [2.05, 4.69) is 35.6 Å². The third-order valence-corrected chi connectivity index (χ3v) is 3.73. The van der Waals surface area contributed by atoms with Crippen LogP contribution in [0.1, 0.15) is 18.4 Å². The third-order valence-electron chi connectivity index (χ3n) is 3.73. The van der Waals surface area contributed by atoms with Crippen molar-refractivity contribution in [3.63, 3.8) is 0 Å². The van der Waals surface area contributed by atoms with E-state index in [-0.39, 0.29) is 6.29 Å². The zero-order chi connectivity index (χ0) is 12.2. The minimum Gasteiger partial charge on any atom is -0.349 e. The Bertz CT molecular complexity index is 358. The molecule has 1 saturated carbocycles. The van der Waals surface area contributed by atoms with Gasteiger partial charge in [-0.25, -0.2) is 0 Å². The highest BCUT2D eigenvalue weighted by molar-refractivity contribution is 5.16. The van der Waals surface area contributed by atoms with Crippen LogP contribution < -0.4 is 5.32 Å². The summed E-state index contributed by atoms with van der Waals surface area (Å²) in [6.45, 7) is 2.28. The zero-order valence-corrected chi connectivity index (χ0v) is 10.7. The molecule has 1 aliphatic heterocycles. The lowest BCUT2D eigenvalue weighted by Gasteiger charge is -2.20. The van der Waals surface area contributed by atoms with Crippen molar-refractivity contribution < 1.29 is 9.47 Å². The predicted octanol–water partition coefficient (Wildman–Crippen LogP) is 1.97. The van der Waals surface area contributed by atoms with Gasteiger partial charge in [-0.2, -0.15) is 0 Å². The van der Waals surface area contributed by atoms with Gasteiger partial charge in [-0.1, -0.05) is 30.3 Å². The second kappa shape index (κ2) is 5.83. The standard InChI is InChI=1S/C15H21NO2/c1-2-4-12(5-3-1)10-14(13-6-7-13)16-11-15-17-8-9-18-15/h1-5,13-16H,6-11H2/t14-/m0/s1. The van der Waals surface area contributed by atoms with Crippen LogP contribution in [-0.2, 0) is 15.9 Å². The van der Waals surface area contributed by atoms with Gasteiger partial charge in [0.1, 0.15) is 0 Å². The number of hydrogen-bond acceptors (Lipinski definition) is 3. The van der Waals surface area contributed by atoms with Gasteiger partial charge in [0.2, 0.25) is 0 Å². The van der Waals surface area contributed by atoms with Gasteiger partial charge in [-0.3, -0.25) is 0 Å². The molecule has 1 atom stereocenters. The van der Waals surface area contributed by atoms with Crippen LogP contribution in [0, 0.1) is 5.92 Å². The van der Waals surface area contributed by atoms with Crippen LogP contribution in [0.15, 0.2) is 30.3 Å². The second-order valence-corrected chi connectivity index (χ2v) is 5.21. The van der Waals surface area contributed by atoms with Crippen molar-refractivity contribution in [1.82, 2.24) is 5.32 Å². The lowest BCUT2D eigenvalue weighted by Crippen LogP contribution is -2.38. The molecule has 0 radical (unpaired) electrons. The van der Waals surface area contributed by atoms with Crippen molar-refractivity contribution in [1.29, 1.82) is 0 Å². The van der Waals surface area contributed by atoms with Gasteiger partial charge in [0.15, 0.2) is 6.29 Å². The van der Waals surface area contributed by atoms with Crippen LogP contribution in [0.4, 0.5) is 0 Å². The van der Waals surface area contributed by atoms with Gasteiger partial charge in [-0.05, 0) is 30.7 Å². The molecule has 0 aromatic heterocycles. The Labute approximate surface area is 108 Å². The normalized spacial score (nSPS) is 22.2. The van der Waals surface area contributed by atoms with Crippen LogP contribution in [0.2, 0.25) is 0 Å². The smallest absolute Gasteiger partial charge is 0.170 e. The van der Waals surface area contributed by atoms with Crippen molar-refractivity contribution in [2.45, 2.75) is 31.6 Å². The van der Waals surface area contributed by atoms with Crippen LogP contribution in [0.3, 0.4) is 0 Å². The Kier molecular flexibility index (Phi) is 3.93. The van der Waals surface area contributed by atoms with Crippen LogP contribution in [0.5, 0.6) is 0 Å². The summed E-state index contributed by atoms with van der Waals surface area (Å²) < 4.78 is 10.9. The maximum absolute atomic E-state index is 5.47. The van der Waals surface area contributed by atoms with E-state index in [0.717, 1.165) is 32.1 Å². The number of ether oxygens (including phenoxy) is 2. The van der Waals surface area contributed by atoms with Gasteiger partial charge in [0.05, 0.1) is 13.2 Å². The van der Waals surface area contributed by atoms with E-state index in [9.17, 15) is 0 Å². The lowest BCUT2D eigenvalue weighted by atomic mass is 10.0. The third kappa shape index (κ3) is 3.31. The molecule has 1 heterocycles. The first-order chi connectivity index (χ1) is 8.92. The van der Waals surface area contributed by atoms with Gasteiger partial charge < -0.3 is 14.8 Å². The number of hydrogen-bond donors (Lipinski definition) is 1. The van der Waals surface area contributed by atoms with E-state index < -0.39 is 0 Å². The summed E-state index contributed by atoms with van der Waals surface area (Å²) in [4.78, 5) is 0. The van der Waals surface area contributed by atoms with Crippen LogP contribution >= 0.6 is 0 Å². The van der Waals surface area contributed by atoms with E-state index in [0.29, 0.717) is 6.04 Å². The molecular formula is C15H21NO2. The molecule has 18 heavy (non-hydrogen) atoms. The fourth-order valence-corrected chi connectivity index (χ4v) is 2.54. The molecule has 2 aliphatic rings. The number of rotatable bonds is 6. The minimum atomic E-state index is -0.0398. The molecule has 1 saturated heterocycles. The van der Waals surface area contributed by atoms with Gasteiger partial charge in [-0.15, -0.1) is 0 Å². The summed E-state index contributed by atoms with van der Waals surface area (Å²) in [7, 11) is 0. The predicted molar refractivity (Wildman–Crippen MR) is 70.4 cm³/mol. The summed E-state index contributed by atoms with van der Waals surface area (Å²) in [6.07, 6.45) is 3.79. The molecular weight excluding hydrogens is 226 g/mol. The first-order valence-electron chi connectivity index (χ1n) is 6.92.